The van der Waals surface area contributed by atoms with Gasteiger partial charge in [0.05, 0.1) is 16.0 Å². The fourth-order valence-corrected chi connectivity index (χ4v) is 5.22. The van der Waals surface area contributed by atoms with Crippen LogP contribution in [0.4, 0.5) is 8.78 Å². The molecule has 0 atom stereocenters. The first-order valence-electron chi connectivity index (χ1n) is 9.34. The van der Waals surface area contributed by atoms with Gasteiger partial charge in [0.1, 0.15) is 17.6 Å². The van der Waals surface area contributed by atoms with Crippen molar-refractivity contribution in [1.29, 1.82) is 5.26 Å². The fraction of sp³-hybridized carbons (Fsp3) is 0.0870. The van der Waals surface area contributed by atoms with Crippen molar-refractivity contribution < 1.29 is 21.9 Å². The molecule has 0 aliphatic rings. The Morgan fingerprint density at radius 3 is 2.44 bits per heavy atom. The SMILES string of the molecule is Cc1ccc(S(=O)(=O)n2ccc3c(CBr)c(Oc4ccc(F)c(C#N)c4)c(F)cc32)cc1. The van der Waals surface area contributed by atoms with Gasteiger partial charge in [-0.15, -0.1) is 0 Å². The average molecular weight is 517 g/mol. The van der Waals surface area contributed by atoms with Gasteiger partial charge in [-0.05, 0) is 37.3 Å². The number of ether oxygens (including phenoxy) is 1. The maximum absolute atomic E-state index is 15.1. The standard InChI is InChI=1S/C23H15BrF2N2O3S/c1-14-2-5-17(6-3-14)32(29,30)28-9-8-18-19(12-24)23(21(26)11-22(18)28)31-16-4-7-20(25)15(10-16)13-27/h2-11H,12H2,1H3. The summed E-state index contributed by atoms with van der Waals surface area (Å²) in [5.41, 5.74) is 1.21. The van der Waals surface area contributed by atoms with Crippen molar-refractivity contribution in [2.24, 2.45) is 0 Å². The van der Waals surface area contributed by atoms with E-state index in [1.807, 2.05) is 6.92 Å². The summed E-state index contributed by atoms with van der Waals surface area (Å²) in [7, 11) is -3.95. The molecule has 0 radical (unpaired) electrons. The summed E-state index contributed by atoms with van der Waals surface area (Å²) in [4.78, 5) is 0.0806. The molecule has 0 saturated heterocycles. The monoisotopic (exact) mass is 516 g/mol. The second kappa shape index (κ2) is 8.37. The topological polar surface area (TPSA) is 72.1 Å². The van der Waals surface area contributed by atoms with Crippen molar-refractivity contribution >= 4 is 36.9 Å². The Morgan fingerprint density at radius 1 is 1.06 bits per heavy atom. The maximum Gasteiger partial charge on any atom is 0.268 e. The molecule has 162 valence electrons. The van der Waals surface area contributed by atoms with Gasteiger partial charge in [-0.2, -0.15) is 5.26 Å². The maximum atomic E-state index is 15.1. The van der Waals surface area contributed by atoms with Crippen LogP contribution in [0.1, 0.15) is 16.7 Å². The molecule has 9 heteroatoms. The van der Waals surface area contributed by atoms with Gasteiger partial charge in [-0.1, -0.05) is 33.6 Å². The van der Waals surface area contributed by atoms with Crippen LogP contribution in [0.25, 0.3) is 10.9 Å². The molecule has 0 saturated carbocycles. The third-order valence-electron chi connectivity index (χ3n) is 4.96. The first kappa shape index (κ1) is 22.0. The zero-order valence-electron chi connectivity index (χ0n) is 16.6. The van der Waals surface area contributed by atoms with E-state index < -0.39 is 21.7 Å². The number of aromatic nitrogens is 1. The Balaban J connectivity index is 1.85. The van der Waals surface area contributed by atoms with E-state index in [0.29, 0.717) is 10.9 Å². The van der Waals surface area contributed by atoms with E-state index in [1.54, 1.807) is 24.3 Å². The van der Waals surface area contributed by atoms with Gasteiger partial charge in [-0.3, -0.25) is 0 Å². The Bertz CT molecular complexity index is 1490. The molecule has 0 aliphatic carbocycles. The smallest absolute Gasteiger partial charge is 0.268 e. The van der Waals surface area contributed by atoms with Crippen LogP contribution in [-0.4, -0.2) is 12.4 Å². The van der Waals surface area contributed by atoms with E-state index in [4.69, 9.17) is 10.00 Å². The third kappa shape index (κ3) is 3.76. The third-order valence-corrected chi connectivity index (χ3v) is 7.22. The summed E-state index contributed by atoms with van der Waals surface area (Å²) in [6, 6.07) is 14.2. The molecule has 4 aromatic rings. The van der Waals surface area contributed by atoms with E-state index in [1.165, 1.54) is 30.5 Å². The number of nitrogens with zero attached hydrogens (tertiary/aromatic N) is 2. The lowest BCUT2D eigenvalue weighted by molar-refractivity contribution is 0.438. The van der Waals surface area contributed by atoms with Crippen molar-refractivity contribution in [2.75, 3.05) is 0 Å². The van der Waals surface area contributed by atoms with Crippen LogP contribution in [0.3, 0.4) is 0 Å². The molecular formula is C23H15BrF2N2O3S. The first-order chi connectivity index (χ1) is 15.3. The normalized spacial score (nSPS) is 11.5. The molecular weight excluding hydrogens is 502 g/mol. The van der Waals surface area contributed by atoms with Gasteiger partial charge in [0.15, 0.2) is 11.6 Å². The van der Waals surface area contributed by atoms with Gasteiger partial charge < -0.3 is 4.74 Å². The predicted octanol–water partition coefficient (Wildman–Crippen LogP) is 6.02. The van der Waals surface area contributed by atoms with E-state index in [2.05, 4.69) is 15.9 Å². The zero-order valence-corrected chi connectivity index (χ0v) is 19.0. The van der Waals surface area contributed by atoms with Crippen molar-refractivity contribution in [2.45, 2.75) is 17.1 Å². The molecule has 0 fully saturated rings. The number of fused-ring (bicyclic) bond motifs is 1. The molecule has 0 unspecified atom stereocenters. The molecule has 0 aliphatic heterocycles. The second-order valence-corrected chi connectivity index (χ2v) is 9.39. The minimum Gasteiger partial charge on any atom is -0.454 e. The summed E-state index contributed by atoms with van der Waals surface area (Å²) in [5, 5.41) is 9.64. The van der Waals surface area contributed by atoms with Gasteiger partial charge in [0.2, 0.25) is 0 Å². The Kier molecular flexibility index (Phi) is 5.75. The van der Waals surface area contributed by atoms with Gasteiger partial charge in [0, 0.05) is 34.6 Å². The first-order valence-corrected chi connectivity index (χ1v) is 11.9. The number of nitriles is 1. The molecule has 1 heterocycles. The summed E-state index contributed by atoms with van der Waals surface area (Å²) in [6.07, 6.45) is 1.36. The number of alkyl halides is 1. The van der Waals surface area contributed by atoms with Crippen LogP contribution < -0.4 is 4.74 Å². The predicted molar refractivity (Wildman–Crippen MR) is 119 cm³/mol. The minimum absolute atomic E-state index is 0.0788. The van der Waals surface area contributed by atoms with Gasteiger partial charge in [-0.25, -0.2) is 21.2 Å². The van der Waals surface area contributed by atoms with E-state index in [0.717, 1.165) is 21.7 Å². The lowest BCUT2D eigenvalue weighted by atomic mass is 10.1. The summed E-state index contributed by atoms with van der Waals surface area (Å²) in [5.74, 6) is -1.57. The number of halogens is 3. The molecule has 5 nitrogen and oxygen atoms in total. The van der Waals surface area contributed by atoms with E-state index in [-0.39, 0.29) is 32.8 Å². The Morgan fingerprint density at radius 2 is 1.78 bits per heavy atom. The van der Waals surface area contributed by atoms with E-state index in [9.17, 15) is 12.8 Å². The van der Waals surface area contributed by atoms with Crippen LogP contribution in [0.5, 0.6) is 11.5 Å². The lowest BCUT2D eigenvalue weighted by Gasteiger charge is -2.14. The molecule has 0 bridgehead atoms. The van der Waals surface area contributed by atoms with E-state index >= 15 is 4.39 Å². The zero-order chi connectivity index (χ0) is 23.0. The van der Waals surface area contributed by atoms with Crippen LogP contribution in [0.15, 0.2) is 65.7 Å². The van der Waals surface area contributed by atoms with Crippen molar-refractivity contribution in [3.63, 3.8) is 0 Å². The molecule has 3 aromatic carbocycles. The van der Waals surface area contributed by atoms with Crippen LogP contribution >= 0.6 is 15.9 Å². The lowest BCUT2D eigenvalue weighted by Crippen LogP contribution is -2.12. The van der Waals surface area contributed by atoms with Gasteiger partial charge in [0.25, 0.3) is 10.0 Å². The highest BCUT2D eigenvalue weighted by atomic mass is 79.9. The number of rotatable bonds is 5. The fourth-order valence-electron chi connectivity index (χ4n) is 3.32. The van der Waals surface area contributed by atoms with Crippen LogP contribution in [0.2, 0.25) is 0 Å². The quantitative estimate of drug-likeness (QED) is 0.304. The highest BCUT2D eigenvalue weighted by molar-refractivity contribution is 9.08. The van der Waals surface area contributed by atoms with Crippen molar-refractivity contribution in [3.05, 3.63) is 89.1 Å². The Labute approximate surface area is 191 Å². The summed E-state index contributed by atoms with van der Waals surface area (Å²) >= 11 is 3.31. The number of hydrogen-bond acceptors (Lipinski definition) is 4. The largest absolute Gasteiger partial charge is 0.454 e. The van der Waals surface area contributed by atoms with Crippen molar-refractivity contribution in [3.8, 4) is 17.6 Å². The summed E-state index contributed by atoms with van der Waals surface area (Å²) in [6.45, 7) is 1.85. The highest BCUT2D eigenvalue weighted by Crippen LogP contribution is 2.37. The number of hydrogen-bond donors (Lipinski definition) is 0. The highest BCUT2D eigenvalue weighted by Gasteiger charge is 2.23. The molecule has 0 N–H and O–H groups in total. The molecule has 32 heavy (non-hydrogen) atoms. The molecule has 0 spiro atoms. The van der Waals surface area contributed by atoms with Gasteiger partial charge >= 0.3 is 0 Å². The number of benzene rings is 3. The number of aryl methyl sites for hydroxylation is 1. The van der Waals surface area contributed by atoms with Crippen LogP contribution in [0, 0.1) is 29.9 Å². The average Bonchev–Trinajstić information content (AvgIpc) is 3.20. The molecule has 1 aromatic heterocycles. The molecule has 0 amide bonds. The molecule has 4 rings (SSSR count). The summed E-state index contributed by atoms with van der Waals surface area (Å²) < 4.78 is 61.7. The second-order valence-electron chi connectivity index (χ2n) is 7.02. The van der Waals surface area contributed by atoms with Crippen LogP contribution in [-0.2, 0) is 15.4 Å². The minimum atomic E-state index is -3.95. The Hall–Kier alpha value is -3.22. The van der Waals surface area contributed by atoms with Crippen molar-refractivity contribution in [1.82, 2.24) is 3.97 Å².